The minimum atomic E-state index is -1.05. The maximum Gasteiger partial charge on any atom is 0.244 e. The van der Waals surface area contributed by atoms with Crippen LogP contribution in [-0.2, 0) is 28.0 Å². The van der Waals surface area contributed by atoms with Gasteiger partial charge in [0.15, 0.2) is 23.0 Å². The third-order valence-electron chi connectivity index (χ3n) is 8.88. The smallest absolute Gasteiger partial charge is 0.244 e. The van der Waals surface area contributed by atoms with Crippen molar-refractivity contribution in [2.24, 2.45) is 0 Å². The summed E-state index contributed by atoms with van der Waals surface area (Å²) in [5.74, 6) is -2.09. The topological polar surface area (TPSA) is 157 Å². The molecule has 0 unspecified atom stereocenters. The fourth-order valence-electron chi connectivity index (χ4n) is 6.36. The third-order valence-corrected chi connectivity index (χ3v) is 8.88. The number of amides is 2. The molecule has 10 nitrogen and oxygen atoms in total. The SMILES string of the molecule is O=C(/C=C/c1ccc(O)c(O)c1)N[C@@H](Cc1cncn1C(c1ccccc1)(c1ccccc1)c1ccccc1)C(=O)NCCc1ccc(O)c(O)c1. The summed E-state index contributed by atoms with van der Waals surface area (Å²) >= 11 is 0. The number of nitrogens with one attached hydrogen (secondary N) is 2. The highest BCUT2D eigenvalue weighted by molar-refractivity contribution is 5.95. The first-order valence-electron chi connectivity index (χ1n) is 16.7. The normalized spacial score (nSPS) is 12.0. The standard InChI is InChI=1S/C42H38N4O6/c47-36-19-16-29(24-38(36)49)18-21-40(51)45-35(41(52)44-23-22-30-17-20-37(48)39(50)25-30)26-34-27-43-28-46(34)42(31-10-4-1-5-11-31,32-12-6-2-7-13-32)33-14-8-3-9-15-33/h1-21,24-25,27-28,35,47-50H,22-23,26H2,(H,44,52)(H,45,51)/b21-18+/t35-/m0/s1. The predicted octanol–water partition coefficient (Wildman–Crippen LogP) is 5.65. The van der Waals surface area contributed by atoms with Gasteiger partial charge in [-0.25, -0.2) is 4.98 Å². The Kier molecular flexibility index (Phi) is 10.7. The van der Waals surface area contributed by atoms with E-state index < -0.39 is 23.4 Å². The predicted molar refractivity (Wildman–Crippen MR) is 198 cm³/mol. The molecule has 0 saturated heterocycles. The number of aromatic nitrogens is 2. The number of phenolic OH excluding ortho intramolecular Hbond substituents is 4. The summed E-state index contributed by atoms with van der Waals surface area (Å²) in [4.78, 5) is 31.9. The Balaban J connectivity index is 1.36. The van der Waals surface area contributed by atoms with E-state index in [-0.39, 0.29) is 36.0 Å². The molecule has 10 heteroatoms. The van der Waals surface area contributed by atoms with Crippen LogP contribution in [0.15, 0.2) is 146 Å². The van der Waals surface area contributed by atoms with Crippen molar-refractivity contribution in [3.63, 3.8) is 0 Å². The van der Waals surface area contributed by atoms with Gasteiger partial charge in [0, 0.05) is 30.9 Å². The lowest BCUT2D eigenvalue weighted by molar-refractivity contribution is -0.127. The molecule has 6 aromatic rings. The molecule has 262 valence electrons. The Hall–Kier alpha value is -6.81. The second kappa shape index (κ2) is 15.8. The van der Waals surface area contributed by atoms with Crippen molar-refractivity contribution in [3.05, 3.63) is 180 Å². The molecule has 0 aliphatic rings. The number of phenols is 4. The summed E-state index contributed by atoms with van der Waals surface area (Å²) in [6.45, 7) is 0.194. The van der Waals surface area contributed by atoms with Gasteiger partial charge in [0.2, 0.25) is 11.8 Å². The summed E-state index contributed by atoms with van der Waals surface area (Å²) in [5.41, 5.74) is 3.85. The van der Waals surface area contributed by atoms with Gasteiger partial charge in [-0.15, -0.1) is 0 Å². The molecule has 5 aromatic carbocycles. The van der Waals surface area contributed by atoms with Gasteiger partial charge in [-0.05, 0) is 64.6 Å². The Morgan fingerprint density at radius 2 is 1.27 bits per heavy atom. The largest absolute Gasteiger partial charge is 0.504 e. The number of benzene rings is 5. The van der Waals surface area contributed by atoms with E-state index in [2.05, 4.69) is 52.0 Å². The van der Waals surface area contributed by atoms with Crippen LogP contribution in [0.2, 0.25) is 0 Å². The van der Waals surface area contributed by atoms with Crippen LogP contribution < -0.4 is 10.6 Å². The highest BCUT2D eigenvalue weighted by atomic mass is 16.3. The van der Waals surface area contributed by atoms with Crippen molar-refractivity contribution in [1.29, 1.82) is 0 Å². The third kappa shape index (κ3) is 7.66. The van der Waals surface area contributed by atoms with E-state index >= 15 is 0 Å². The lowest BCUT2D eigenvalue weighted by Gasteiger charge is -2.39. The highest BCUT2D eigenvalue weighted by Crippen LogP contribution is 2.41. The highest BCUT2D eigenvalue weighted by Gasteiger charge is 2.40. The molecule has 1 aromatic heterocycles. The number of aromatic hydroxyl groups is 4. The fraction of sp³-hybridized carbons (Fsp3) is 0.119. The van der Waals surface area contributed by atoms with Crippen molar-refractivity contribution in [2.75, 3.05) is 6.54 Å². The molecule has 2 amide bonds. The number of imidazole rings is 1. The van der Waals surface area contributed by atoms with Gasteiger partial charge >= 0.3 is 0 Å². The van der Waals surface area contributed by atoms with Gasteiger partial charge < -0.3 is 35.6 Å². The average molecular weight is 695 g/mol. The minimum Gasteiger partial charge on any atom is -0.504 e. The zero-order chi connectivity index (χ0) is 36.5. The molecule has 6 N–H and O–H groups in total. The molecule has 0 aliphatic heterocycles. The van der Waals surface area contributed by atoms with Gasteiger partial charge in [-0.1, -0.05) is 103 Å². The summed E-state index contributed by atoms with van der Waals surface area (Å²) in [6, 6.07) is 37.7. The minimum absolute atomic E-state index is 0.0691. The lowest BCUT2D eigenvalue weighted by Crippen LogP contribution is -2.49. The van der Waals surface area contributed by atoms with Crippen LogP contribution in [0, 0.1) is 0 Å². The number of nitrogens with zero attached hydrogens (tertiary/aromatic N) is 2. The van der Waals surface area contributed by atoms with Gasteiger partial charge in [-0.2, -0.15) is 0 Å². The average Bonchev–Trinajstić information content (AvgIpc) is 3.63. The maximum atomic E-state index is 13.9. The molecule has 0 spiro atoms. The number of carbonyl (C=O) groups excluding carboxylic acids is 2. The molecule has 6 rings (SSSR count). The van der Waals surface area contributed by atoms with E-state index in [4.69, 9.17) is 0 Å². The first-order chi connectivity index (χ1) is 25.3. The maximum absolute atomic E-state index is 13.9. The Morgan fingerprint density at radius 1 is 0.712 bits per heavy atom. The zero-order valence-electron chi connectivity index (χ0n) is 28.1. The number of carbonyl (C=O) groups is 2. The number of hydrogen-bond acceptors (Lipinski definition) is 7. The van der Waals surface area contributed by atoms with Crippen molar-refractivity contribution < 1.29 is 30.0 Å². The van der Waals surface area contributed by atoms with Crippen molar-refractivity contribution >= 4 is 17.9 Å². The van der Waals surface area contributed by atoms with Gasteiger partial charge in [0.05, 0.1) is 6.33 Å². The van der Waals surface area contributed by atoms with Gasteiger partial charge in [-0.3, -0.25) is 9.59 Å². The molecular weight excluding hydrogens is 656 g/mol. The van der Waals surface area contributed by atoms with E-state index in [9.17, 15) is 30.0 Å². The van der Waals surface area contributed by atoms with Gasteiger partial charge in [0.25, 0.3) is 0 Å². The van der Waals surface area contributed by atoms with Gasteiger partial charge in [0.1, 0.15) is 11.6 Å². The molecule has 1 heterocycles. The van der Waals surface area contributed by atoms with Crippen LogP contribution in [0.3, 0.4) is 0 Å². The zero-order valence-corrected chi connectivity index (χ0v) is 28.1. The molecule has 0 bridgehead atoms. The molecule has 1 atom stereocenters. The van der Waals surface area contributed by atoms with Crippen LogP contribution in [0.25, 0.3) is 6.08 Å². The summed E-state index contributed by atoms with van der Waals surface area (Å²) in [6.07, 6.45) is 6.60. The van der Waals surface area contributed by atoms with Crippen LogP contribution >= 0.6 is 0 Å². The summed E-state index contributed by atoms with van der Waals surface area (Å²) in [7, 11) is 0. The quantitative estimate of drug-likeness (QED) is 0.0519. The fourth-order valence-corrected chi connectivity index (χ4v) is 6.36. The summed E-state index contributed by atoms with van der Waals surface area (Å²) in [5, 5.41) is 44.9. The lowest BCUT2D eigenvalue weighted by atomic mass is 9.76. The molecular formula is C42H38N4O6. The Bertz CT molecular complexity index is 2070. The monoisotopic (exact) mass is 694 g/mol. The van der Waals surface area contributed by atoms with E-state index in [0.29, 0.717) is 23.2 Å². The Morgan fingerprint density at radius 3 is 1.83 bits per heavy atom. The molecule has 0 radical (unpaired) electrons. The number of rotatable bonds is 13. The van der Waals surface area contributed by atoms with E-state index in [0.717, 1.165) is 16.7 Å². The van der Waals surface area contributed by atoms with Crippen LogP contribution in [0.4, 0.5) is 0 Å². The molecule has 0 aliphatic carbocycles. The molecule has 0 saturated carbocycles. The van der Waals surface area contributed by atoms with Crippen molar-refractivity contribution in [3.8, 4) is 23.0 Å². The van der Waals surface area contributed by atoms with Crippen LogP contribution in [0.5, 0.6) is 23.0 Å². The molecule has 52 heavy (non-hydrogen) atoms. The summed E-state index contributed by atoms with van der Waals surface area (Å²) < 4.78 is 2.05. The van der Waals surface area contributed by atoms with E-state index in [1.165, 1.54) is 36.4 Å². The van der Waals surface area contributed by atoms with Crippen molar-refractivity contribution in [1.82, 2.24) is 20.2 Å². The molecule has 0 fully saturated rings. The van der Waals surface area contributed by atoms with Crippen LogP contribution in [0.1, 0.15) is 33.5 Å². The van der Waals surface area contributed by atoms with E-state index in [1.807, 2.05) is 59.2 Å². The first-order valence-corrected chi connectivity index (χ1v) is 16.7. The number of hydrogen-bond donors (Lipinski definition) is 6. The first kappa shape index (κ1) is 35.0. The second-order valence-corrected chi connectivity index (χ2v) is 12.3. The Labute approximate surface area is 301 Å². The van der Waals surface area contributed by atoms with Crippen molar-refractivity contribution in [2.45, 2.75) is 24.4 Å². The van der Waals surface area contributed by atoms with E-state index in [1.54, 1.807) is 24.7 Å². The second-order valence-electron chi connectivity index (χ2n) is 12.3. The van der Waals surface area contributed by atoms with Crippen LogP contribution in [-0.4, -0.2) is 54.4 Å².